The van der Waals surface area contributed by atoms with Gasteiger partial charge in [0, 0.05) is 32.2 Å². The van der Waals surface area contributed by atoms with Crippen molar-refractivity contribution in [1.82, 2.24) is 10.2 Å². The number of carbonyl (C=O) groups excluding carboxylic acids is 1. The highest BCUT2D eigenvalue weighted by Gasteiger charge is 2.44. The van der Waals surface area contributed by atoms with E-state index in [0.717, 1.165) is 68.7 Å². The summed E-state index contributed by atoms with van der Waals surface area (Å²) in [6.45, 7) is 5.62. The molecule has 2 heterocycles. The van der Waals surface area contributed by atoms with Crippen molar-refractivity contribution in [2.75, 3.05) is 44.4 Å². The van der Waals surface area contributed by atoms with Crippen LogP contribution >= 0.6 is 0 Å². The molecule has 1 saturated heterocycles. The maximum Gasteiger partial charge on any atom is 0.231 e. The molecule has 6 nitrogen and oxygen atoms in total. The molecular formula is C23H32FN3O3. The molecule has 1 aromatic rings. The molecular weight excluding hydrogens is 385 g/mol. The van der Waals surface area contributed by atoms with Gasteiger partial charge in [-0.3, -0.25) is 9.69 Å². The largest absolute Gasteiger partial charge is 0.454 e. The van der Waals surface area contributed by atoms with Crippen LogP contribution in [0.25, 0.3) is 0 Å². The van der Waals surface area contributed by atoms with Gasteiger partial charge in [0.05, 0.1) is 11.6 Å². The fourth-order valence-electron chi connectivity index (χ4n) is 5.08. The Morgan fingerprint density at radius 1 is 1.10 bits per heavy atom. The van der Waals surface area contributed by atoms with Crippen molar-refractivity contribution >= 4 is 11.6 Å². The Kier molecular flexibility index (Phi) is 5.72. The fourth-order valence-corrected chi connectivity index (χ4v) is 5.08. The number of piperazine rings is 1. The molecule has 1 N–H and O–H groups in total. The lowest BCUT2D eigenvalue weighted by molar-refractivity contribution is -0.123. The van der Waals surface area contributed by atoms with E-state index in [1.807, 2.05) is 12.1 Å². The number of fused-ring (bicyclic) bond motifs is 1. The first-order chi connectivity index (χ1) is 14.7. The molecule has 2 atom stereocenters. The van der Waals surface area contributed by atoms with Crippen LogP contribution in [0.15, 0.2) is 18.2 Å². The van der Waals surface area contributed by atoms with Crippen LogP contribution in [-0.4, -0.2) is 62.5 Å². The summed E-state index contributed by atoms with van der Waals surface area (Å²) in [6, 6.07) is 6.38. The number of ether oxygens (including phenoxy) is 2. The number of hydrogen-bond acceptors (Lipinski definition) is 5. The number of nitrogens with zero attached hydrogens (tertiary/aromatic N) is 2. The first-order valence-electron chi connectivity index (χ1n) is 11.5. The normalized spacial score (nSPS) is 30.9. The average molecular weight is 418 g/mol. The Hall–Kier alpha value is -2.02. The number of halogens is 1. The summed E-state index contributed by atoms with van der Waals surface area (Å²) in [7, 11) is 0. The number of carbonyl (C=O) groups is 1. The van der Waals surface area contributed by atoms with Crippen LogP contribution in [-0.2, 0) is 4.79 Å². The summed E-state index contributed by atoms with van der Waals surface area (Å²) in [5.41, 5.74) is 1.15. The summed E-state index contributed by atoms with van der Waals surface area (Å²) >= 11 is 0. The van der Waals surface area contributed by atoms with Crippen molar-refractivity contribution in [3.63, 3.8) is 0 Å². The molecule has 0 bridgehead atoms. The molecule has 164 valence electrons. The zero-order valence-corrected chi connectivity index (χ0v) is 17.5. The minimum absolute atomic E-state index is 0.0650. The van der Waals surface area contributed by atoms with E-state index in [1.54, 1.807) is 0 Å². The number of rotatable bonds is 6. The van der Waals surface area contributed by atoms with Crippen molar-refractivity contribution in [2.45, 2.75) is 50.7 Å². The molecule has 7 heteroatoms. The second-order valence-corrected chi connectivity index (χ2v) is 9.21. The standard InChI is InChI=1S/C23H32FN3O3/c24-19-14-18(19)23(28)25-17-6-4-16(5-7-17)8-9-26-10-12-27(13-11-26)20-2-1-3-21-22(20)30-15-29-21/h1-3,16-19H,4-15H2,(H,25,28). The van der Waals surface area contributed by atoms with Gasteiger partial charge in [-0.05, 0) is 63.1 Å². The van der Waals surface area contributed by atoms with Gasteiger partial charge in [-0.1, -0.05) is 6.07 Å². The minimum Gasteiger partial charge on any atom is -0.454 e. The predicted octanol–water partition coefficient (Wildman–Crippen LogP) is 2.96. The second-order valence-electron chi connectivity index (χ2n) is 9.21. The molecule has 1 aromatic carbocycles. The Morgan fingerprint density at radius 3 is 2.60 bits per heavy atom. The van der Waals surface area contributed by atoms with Gasteiger partial charge in [0.15, 0.2) is 11.5 Å². The summed E-state index contributed by atoms with van der Waals surface area (Å²) in [5, 5.41) is 3.06. The Labute approximate surface area is 177 Å². The van der Waals surface area contributed by atoms with E-state index in [2.05, 4.69) is 21.2 Å². The van der Waals surface area contributed by atoms with Gasteiger partial charge in [0.25, 0.3) is 0 Å². The number of anilines is 1. The van der Waals surface area contributed by atoms with E-state index >= 15 is 0 Å². The Balaban J connectivity index is 1.02. The van der Waals surface area contributed by atoms with Gasteiger partial charge in [-0.15, -0.1) is 0 Å². The number of benzene rings is 1. The van der Waals surface area contributed by atoms with Gasteiger partial charge in [0.2, 0.25) is 12.7 Å². The average Bonchev–Trinajstić information content (AvgIpc) is 3.31. The van der Waals surface area contributed by atoms with Crippen LogP contribution in [0.1, 0.15) is 38.5 Å². The molecule has 3 fully saturated rings. The smallest absolute Gasteiger partial charge is 0.231 e. The molecule has 2 aliphatic heterocycles. The number of hydrogen-bond donors (Lipinski definition) is 1. The van der Waals surface area contributed by atoms with E-state index in [9.17, 15) is 9.18 Å². The van der Waals surface area contributed by atoms with Crippen LogP contribution in [0.4, 0.5) is 10.1 Å². The summed E-state index contributed by atoms with van der Waals surface area (Å²) in [6.07, 6.45) is 5.16. The number of para-hydroxylation sites is 1. The van der Waals surface area contributed by atoms with Crippen molar-refractivity contribution in [3.8, 4) is 11.5 Å². The van der Waals surface area contributed by atoms with Crippen molar-refractivity contribution < 1.29 is 18.7 Å². The van der Waals surface area contributed by atoms with Crippen LogP contribution in [0.3, 0.4) is 0 Å². The molecule has 1 amide bonds. The lowest BCUT2D eigenvalue weighted by Gasteiger charge is -2.37. The molecule has 0 spiro atoms. The zero-order chi connectivity index (χ0) is 20.5. The summed E-state index contributed by atoms with van der Waals surface area (Å²) < 4.78 is 24.2. The lowest BCUT2D eigenvalue weighted by atomic mass is 9.84. The first-order valence-corrected chi connectivity index (χ1v) is 11.5. The third-order valence-electron chi connectivity index (χ3n) is 7.18. The van der Waals surface area contributed by atoms with Gasteiger partial charge < -0.3 is 19.7 Å². The number of nitrogens with one attached hydrogen (secondary N) is 1. The highest BCUT2D eigenvalue weighted by molar-refractivity contribution is 5.82. The predicted molar refractivity (Wildman–Crippen MR) is 113 cm³/mol. The van der Waals surface area contributed by atoms with E-state index < -0.39 is 6.17 Å². The number of alkyl halides is 1. The van der Waals surface area contributed by atoms with Crippen molar-refractivity contribution in [1.29, 1.82) is 0 Å². The molecule has 0 aromatic heterocycles. The molecule has 2 unspecified atom stereocenters. The SMILES string of the molecule is O=C(NC1CCC(CCN2CCN(c3cccc4c3OCO4)CC2)CC1)C1CC1F. The van der Waals surface area contributed by atoms with Gasteiger partial charge >= 0.3 is 0 Å². The molecule has 5 rings (SSSR count). The van der Waals surface area contributed by atoms with Crippen LogP contribution in [0.2, 0.25) is 0 Å². The Morgan fingerprint density at radius 2 is 1.87 bits per heavy atom. The highest BCUT2D eigenvalue weighted by Crippen LogP contribution is 2.41. The van der Waals surface area contributed by atoms with E-state index in [-0.39, 0.29) is 17.9 Å². The van der Waals surface area contributed by atoms with Crippen LogP contribution in [0, 0.1) is 11.8 Å². The van der Waals surface area contributed by atoms with Gasteiger partial charge in [-0.2, -0.15) is 0 Å². The third-order valence-corrected chi connectivity index (χ3v) is 7.18. The van der Waals surface area contributed by atoms with Crippen molar-refractivity contribution in [2.24, 2.45) is 11.8 Å². The van der Waals surface area contributed by atoms with Crippen molar-refractivity contribution in [3.05, 3.63) is 18.2 Å². The third kappa shape index (κ3) is 4.36. The molecule has 2 aliphatic carbocycles. The van der Waals surface area contributed by atoms with E-state index in [0.29, 0.717) is 13.2 Å². The molecule has 4 aliphatic rings. The summed E-state index contributed by atoms with van der Waals surface area (Å²) in [5.74, 6) is 2.05. The first kappa shape index (κ1) is 19.9. The van der Waals surface area contributed by atoms with Gasteiger partial charge in [-0.25, -0.2) is 4.39 Å². The fraction of sp³-hybridized carbons (Fsp3) is 0.696. The lowest BCUT2D eigenvalue weighted by Crippen LogP contribution is -2.47. The molecule has 2 saturated carbocycles. The Bertz CT molecular complexity index is 760. The van der Waals surface area contributed by atoms with E-state index in [1.165, 1.54) is 19.3 Å². The highest BCUT2D eigenvalue weighted by atomic mass is 19.1. The molecule has 30 heavy (non-hydrogen) atoms. The summed E-state index contributed by atoms with van der Waals surface area (Å²) in [4.78, 5) is 16.9. The van der Waals surface area contributed by atoms with Crippen LogP contribution < -0.4 is 19.7 Å². The quantitative estimate of drug-likeness (QED) is 0.771. The minimum atomic E-state index is -0.898. The topological polar surface area (TPSA) is 54.0 Å². The second kappa shape index (κ2) is 8.61. The monoisotopic (exact) mass is 417 g/mol. The zero-order valence-electron chi connectivity index (χ0n) is 17.5. The number of amides is 1. The van der Waals surface area contributed by atoms with E-state index in [4.69, 9.17) is 9.47 Å². The van der Waals surface area contributed by atoms with Gasteiger partial charge in [0.1, 0.15) is 6.17 Å². The maximum atomic E-state index is 13.0. The maximum absolute atomic E-state index is 13.0. The molecule has 0 radical (unpaired) electrons. The van der Waals surface area contributed by atoms with Crippen LogP contribution in [0.5, 0.6) is 11.5 Å².